The number of rotatable bonds is 5. The lowest BCUT2D eigenvalue weighted by Crippen LogP contribution is -2.49. The highest BCUT2D eigenvalue weighted by Crippen LogP contribution is 2.22. The molecule has 0 bridgehead atoms. The van der Waals surface area contributed by atoms with Crippen LogP contribution in [0.3, 0.4) is 0 Å². The van der Waals surface area contributed by atoms with Crippen molar-refractivity contribution in [3.8, 4) is 5.75 Å². The Morgan fingerprint density at radius 3 is 2.77 bits per heavy atom. The summed E-state index contributed by atoms with van der Waals surface area (Å²) < 4.78 is 7.07. The molecule has 3 heterocycles. The summed E-state index contributed by atoms with van der Waals surface area (Å²) in [5.41, 5.74) is 1.57. The summed E-state index contributed by atoms with van der Waals surface area (Å²) in [4.78, 5) is 24.2. The van der Waals surface area contributed by atoms with Gasteiger partial charge in [-0.3, -0.25) is 14.4 Å². The highest BCUT2D eigenvalue weighted by Gasteiger charge is 2.23. The molecule has 1 N–H and O–H groups in total. The fraction of sp³-hybridized carbons (Fsp3) is 0.389. The first-order chi connectivity index (χ1) is 12.7. The summed E-state index contributed by atoms with van der Waals surface area (Å²) in [7, 11) is 1.64. The molecule has 1 amide bonds. The standard InChI is InChI=1S/C18H22N6O2/c1-26-15-2-3-16-14(10-15)11-17(21-16)18(25)23-7-4-22(5-8-23)6-9-24-13-19-12-20-24/h2-3,10-13,21H,4-9H2,1H3. The number of methoxy groups -OCH3 is 1. The molecule has 8 nitrogen and oxygen atoms in total. The van der Waals surface area contributed by atoms with Crippen LogP contribution in [-0.2, 0) is 6.54 Å². The number of nitrogens with zero attached hydrogens (tertiary/aromatic N) is 5. The number of carbonyl (C=O) groups is 1. The van der Waals surface area contributed by atoms with Gasteiger partial charge in [0.25, 0.3) is 5.91 Å². The molecule has 1 aliphatic rings. The fourth-order valence-electron chi connectivity index (χ4n) is 3.29. The third-order valence-corrected chi connectivity index (χ3v) is 4.83. The Balaban J connectivity index is 1.35. The lowest BCUT2D eigenvalue weighted by molar-refractivity contribution is 0.0627. The van der Waals surface area contributed by atoms with E-state index in [1.54, 1.807) is 19.8 Å². The Hall–Kier alpha value is -2.87. The van der Waals surface area contributed by atoms with Crippen LogP contribution in [0, 0.1) is 0 Å². The average molecular weight is 354 g/mol. The second kappa shape index (κ2) is 7.17. The van der Waals surface area contributed by atoms with Gasteiger partial charge >= 0.3 is 0 Å². The molecule has 3 aromatic rings. The second-order valence-corrected chi connectivity index (χ2v) is 6.43. The van der Waals surface area contributed by atoms with E-state index in [-0.39, 0.29) is 5.91 Å². The van der Waals surface area contributed by atoms with Crippen molar-refractivity contribution in [1.29, 1.82) is 0 Å². The lowest BCUT2D eigenvalue weighted by Gasteiger charge is -2.34. The van der Waals surface area contributed by atoms with Crippen LogP contribution in [0.1, 0.15) is 10.5 Å². The van der Waals surface area contributed by atoms with Crippen molar-refractivity contribution in [2.45, 2.75) is 6.54 Å². The van der Waals surface area contributed by atoms with Gasteiger partial charge in [0.05, 0.1) is 13.7 Å². The maximum Gasteiger partial charge on any atom is 0.270 e. The molecule has 4 rings (SSSR count). The van der Waals surface area contributed by atoms with Gasteiger partial charge in [0.2, 0.25) is 0 Å². The Kier molecular flexibility index (Phi) is 4.57. The number of fused-ring (bicyclic) bond motifs is 1. The van der Waals surface area contributed by atoms with Gasteiger partial charge in [-0.15, -0.1) is 0 Å². The molecule has 2 aromatic heterocycles. The first-order valence-electron chi connectivity index (χ1n) is 8.74. The summed E-state index contributed by atoms with van der Waals surface area (Å²) in [5, 5.41) is 5.10. The minimum atomic E-state index is 0.0519. The van der Waals surface area contributed by atoms with E-state index in [0.717, 1.165) is 55.9 Å². The molecule has 136 valence electrons. The SMILES string of the molecule is COc1ccc2[nH]c(C(=O)N3CCN(CCn4cncn4)CC3)cc2c1. The number of H-pyrrole nitrogens is 1. The molecule has 1 fully saturated rings. The van der Waals surface area contributed by atoms with Crippen molar-refractivity contribution >= 4 is 16.8 Å². The van der Waals surface area contributed by atoms with Crippen LogP contribution < -0.4 is 4.74 Å². The molecular weight excluding hydrogens is 332 g/mol. The molecule has 1 aromatic carbocycles. The van der Waals surface area contributed by atoms with Crippen molar-refractivity contribution in [2.75, 3.05) is 39.8 Å². The minimum Gasteiger partial charge on any atom is -0.497 e. The largest absolute Gasteiger partial charge is 0.497 e. The van der Waals surface area contributed by atoms with E-state index in [9.17, 15) is 4.79 Å². The second-order valence-electron chi connectivity index (χ2n) is 6.43. The molecule has 0 aliphatic carbocycles. The van der Waals surface area contributed by atoms with Gasteiger partial charge in [-0.1, -0.05) is 0 Å². The Bertz CT molecular complexity index is 880. The van der Waals surface area contributed by atoms with Crippen LogP contribution in [-0.4, -0.2) is 75.3 Å². The van der Waals surface area contributed by atoms with Crippen LogP contribution in [0.4, 0.5) is 0 Å². The maximum absolute atomic E-state index is 12.8. The number of piperazine rings is 1. The topological polar surface area (TPSA) is 79.3 Å². The van der Waals surface area contributed by atoms with Crippen molar-refractivity contribution in [3.05, 3.63) is 42.6 Å². The summed E-state index contributed by atoms with van der Waals surface area (Å²) in [5.74, 6) is 0.840. The zero-order chi connectivity index (χ0) is 17.9. The zero-order valence-electron chi connectivity index (χ0n) is 14.8. The fourth-order valence-corrected chi connectivity index (χ4v) is 3.29. The van der Waals surface area contributed by atoms with Crippen LogP contribution in [0.25, 0.3) is 10.9 Å². The first kappa shape index (κ1) is 16.6. The molecule has 0 radical (unpaired) electrons. The zero-order valence-corrected chi connectivity index (χ0v) is 14.8. The summed E-state index contributed by atoms with van der Waals surface area (Å²) in [6.07, 6.45) is 3.28. The number of aromatic nitrogens is 4. The van der Waals surface area contributed by atoms with E-state index < -0.39 is 0 Å². The summed E-state index contributed by atoms with van der Waals surface area (Å²) >= 11 is 0. The smallest absolute Gasteiger partial charge is 0.270 e. The lowest BCUT2D eigenvalue weighted by atomic mass is 10.2. The number of benzene rings is 1. The normalized spacial score (nSPS) is 15.5. The number of amides is 1. The van der Waals surface area contributed by atoms with E-state index in [2.05, 4.69) is 20.0 Å². The highest BCUT2D eigenvalue weighted by molar-refractivity contribution is 5.98. The predicted molar refractivity (Wildman–Crippen MR) is 97.2 cm³/mol. The quantitative estimate of drug-likeness (QED) is 0.745. The average Bonchev–Trinajstić information content (AvgIpc) is 3.35. The number of ether oxygens (including phenoxy) is 1. The van der Waals surface area contributed by atoms with Crippen LogP contribution >= 0.6 is 0 Å². The van der Waals surface area contributed by atoms with E-state index in [1.807, 2.05) is 33.8 Å². The van der Waals surface area contributed by atoms with Crippen LogP contribution in [0.15, 0.2) is 36.9 Å². The van der Waals surface area contributed by atoms with Gasteiger partial charge in [0.1, 0.15) is 24.1 Å². The number of hydrogen-bond donors (Lipinski definition) is 1. The Labute approximate surface area is 151 Å². The van der Waals surface area contributed by atoms with Gasteiger partial charge in [0.15, 0.2) is 0 Å². The minimum absolute atomic E-state index is 0.0519. The van der Waals surface area contributed by atoms with Crippen LogP contribution in [0.2, 0.25) is 0 Å². The van der Waals surface area contributed by atoms with Gasteiger partial charge in [-0.2, -0.15) is 5.10 Å². The Morgan fingerprint density at radius 1 is 1.19 bits per heavy atom. The van der Waals surface area contributed by atoms with Crippen molar-refractivity contribution in [3.63, 3.8) is 0 Å². The monoisotopic (exact) mass is 354 g/mol. The number of carbonyl (C=O) groups excluding carboxylic acids is 1. The first-order valence-corrected chi connectivity index (χ1v) is 8.74. The van der Waals surface area contributed by atoms with E-state index in [4.69, 9.17) is 4.74 Å². The molecule has 1 saturated heterocycles. The number of aromatic amines is 1. The van der Waals surface area contributed by atoms with Crippen molar-refractivity contribution in [1.82, 2.24) is 29.5 Å². The van der Waals surface area contributed by atoms with E-state index >= 15 is 0 Å². The molecule has 26 heavy (non-hydrogen) atoms. The van der Waals surface area contributed by atoms with Gasteiger partial charge in [-0.25, -0.2) is 4.98 Å². The summed E-state index contributed by atoms with van der Waals surface area (Å²) in [6, 6.07) is 7.66. The molecule has 0 atom stereocenters. The molecule has 0 unspecified atom stereocenters. The predicted octanol–water partition coefficient (Wildman–Crippen LogP) is 1.23. The van der Waals surface area contributed by atoms with Crippen LogP contribution in [0.5, 0.6) is 5.75 Å². The van der Waals surface area contributed by atoms with Gasteiger partial charge in [0, 0.05) is 43.6 Å². The molecular formula is C18H22N6O2. The number of hydrogen-bond acceptors (Lipinski definition) is 5. The van der Waals surface area contributed by atoms with E-state index in [0.29, 0.717) is 5.69 Å². The van der Waals surface area contributed by atoms with Gasteiger partial charge in [-0.05, 0) is 24.3 Å². The van der Waals surface area contributed by atoms with Crippen molar-refractivity contribution < 1.29 is 9.53 Å². The summed E-state index contributed by atoms with van der Waals surface area (Å²) in [6.45, 7) is 4.93. The Morgan fingerprint density at radius 2 is 2.04 bits per heavy atom. The molecule has 1 aliphatic heterocycles. The van der Waals surface area contributed by atoms with Crippen molar-refractivity contribution in [2.24, 2.45) is 0 Å². The highest BCUT2D eigenvalue weighted by atomic mass is 16.5. The van der Waals surface area contributed by atoms with Gasteiger partial charge < -0.3 is 14.6 Å². The third kappa shape index (κ3) is 3.41. The number of nitrogens with one attached hydrogen (secondary N) is 1. The van der Waals surface area contributed by atoms with E-state index in [1.165, 1.54) is 0 Å². The molecule has 8 heteroatoms. The molecule has 0 saturated carbocycles. The third-order valence-electron chi connectivity index (χ3n) is 4.83. The maximum atomic E-state index is 12.8. The molecule has 0 spiro atoms.